The second kappa shape index (κ2) is 4.34. The SMILES string of the molecule is CC(F)(c1ccc(C=O)cc1)C1CCOC1. The number of hydrogen-bond donors (Lipinski definition) is 0. The van der Waals surface area contributed by atoms with Crippen LogP contribution in [-0.4, -0.2) is 19.5 Å². The highest BCUT2D eigenvalue weighted by Gasteiger charge is 2.38. The molecule has 16 heavy (non-hydrogen) atoms. The number of carbonyl (C=O) groups is 1. The molecule has 1 aromatic rings. The van der Waals surface area contributed by atoms with Crippen molar-refractivity contribution in [2.75, 3.05) is 13.2 Å². The van der Waals surface area contributed by atoms with Crippen LogP contribution in [0.25, 0.3) is 0 Å². The predicted octanol–water partition coefficient (Wildman–Crippen LogP) is 2.72. The van der Waals surface area contributed by atoms with Gasteiger partial charge in [-0.05, 0) is 18.9 Å². The summed E-state index contributed by atoms with van der Waals surface area (Å²) in [4.78, 5) is 10.5. The lowest BCUT2D eigenvalue weighted by molar-refractivity contribution is 0.0824. The standard InChI is InChI=1S/C13H15FO2/c1-13(14,12-6-7-16-9-12)11-4-2-10(8-15)3-5-11/h2-5,8,12H,6-7,9H2,1H3. The highest BCUT2D eigenvalue weighted by Crippen LogP contribution is 2.38. The summed E-state index contributed by atoms with van der Waals surface area (Å²) in [6.07, 6.45) is 1.51. The van der Waals surface area contributed by atoms with Crippen LogP contribution in [0.15, 0.2) is 24.3 Å². The number of alkyl halides is 1. The quantitative estimate of drug-likeness (QED) is 0.735. The van der Waals surface area contributed by atoms with Crippen LogP contribution < -0.4 is 0 Å². The summed E-state index contributed by atoms with van der Waals surface area (Å²) < 4.78 is 19.8. The van der Waals surface area contributed by atoms with Gasteiger partial charge in [0.05, 0.1) is 6.61 Å². The number of hydrogen-bond acceptors (Lipinski definition) is 2. The smallest absolute Gasteiger partial charge is 0.150 e. The van der Waals surface area contributed by atoms with E-state index < -0.39 is 5.67 Å². The molecule has 2 unspecified atom stereocenters. The van der Waals surface area contributed by atoms with Crippen molar-refractivity contribution < 1.29 is 13.9 Å². The first-order valence-electron chi connectivity index (χ1n) is 5.47. The zero-order valence-electron chi connectivity index (χ0n) is 9.28. The molecule has 0 saturated carbocycles. The molecule has 2 rings (SSSR count). The maximum atomic E-state index is 14.6. The summed E-state index contributed by atoms with van der Waals surface area (Å²) in [5.41, 5.74) is -0.186. The van der Waals surface area contributed by atoms with Crippen molar-refractivity contribution >= 4 is 6.29 Å². The third-order valence-corrected chi connectivity index (χ3v) is 3.31. The molecule has 1 aromatic carbocycles. The Morgan fingerprint density at radius 2 is 2.12 bits per heavy atom. The second-order valence-electron chi connectivity index (χ2n) is 4.38. The average molecular weight is 222 g/mol. The van der Waals surface area contributed by atoms with E-state index in [0.717, 1.165) is 12.7 Å². The highest BCUT2D eigenvalue weighted by atomic mass is 19.1. The third kappa shape index (κ3) is 2.00. The van der Waals surface area contributed by atoms with Crippen molar-refractivity contribution in [3.05, 3.63) is 35.4 Å². The second-order valence-corrected chi connectivity index (χ2v) is 4.38. The van der Waals surface area contributed by atoms with Gasteiger partial charge in [0.15, 0.2) is 0 Å². The maximum absolute atomic E-state index is 14.6. The Kier molecular flexibility index (Phi) is 3.06. The van der Waals surface area contributed by atoms with Gasteiger partial charge in [0, 0.05) is 18.1 Å². The van der Waals surface area contributed by atoms with Crippen molar-refractivity contribution in [2.24, 2.45) is 5.92 Å². The summed E-state index contributed by atoms with van der Waals surface area (Å²) in [7, 11) is 0. The zero-order chi connectivity index (χ0) is 11.6. The van der Waals surface area contributed by atoms with Gasteiger partial charge >= 0.3 is 0 Å². The van der Waals surface area contributed by atoms with Crippen LogP contribution in [0.1, 0.15) is 29.3 Å². The van der Waals surface area contributed by atoms with E-state index in [-0.39, 0.29) is 5.92 Å². The van der Waals surface area contributed by atoms with Crippen LogP contribution in [0, 0.1) is 5.92 Å². The van der Waals surface area contributed by atoms with Crippen LogP contribution in [0.4, 0.5) is 4.39 Å². The Morgan fingerprint density at radius 1 is 1.44 bits per heavy atom. The number of benzene rings is 1. The molecule has 1 heterocycles. The van der Waals surface area contributed by atoms with E-state index in [2.05, 4.69) is 0 Å². The number of ether oxygens (including phenoxy) is 1. The Hall–Kier alpha value is -1.22. The van der Waals surface area contributed by atoms with Crippen LogP contribution >= 0.6 is 0 Å². The number of carbonyl (C=O) groups excluding carboxylic acids is 1. The van der Waals surface area contributed by atoms with E-state index in [1.54, 1.807) is 31.2 Å². The Morgan fingerprint density at radius 3 is 2.62 bits per heavy atom. The largest absolute Gasteiger partial charge is 0.381 e. The maximum Gasteiger partial charge on any atom is 0.150 e. The third-order valence-electron chi connectivity index (χ3n) is 3.31. The fourth-order valence-electron chi connectivity index (χ4n) is 2.09. The molecule has 0 spiro atoms. The lowest BCUT2D eigenvalue weighted by Gasteiger charge is -2.26. The van der Waals surface area contributed by atoms with Gasteiger partial charge in [0.1, 0.15) is 12.0 Å². The molecule has 1 saturated heterocycles. The van der Waals surface area contributed by atoms with E-state index >= 15 is 0 Å². The fourth-order valence-corrected chi connectivity index (χ4v) is 2.09. The van der Waals surface area contributed by atoms with Crippen molar-refractivity contribution in [3.8, 4) is 0 Å². The summed E-state index contributed by atoms with van der Waals surface area (Å²) in [5, 5.41) is 0. The molecule has 0 aliphatic carbocycles. The Balaban J connectivity index is 2.23. The summed E-state index contributed by atoms with van der Waals surface area (Å²) in [6, 6.07) is 6.66. The average Bonchev–Trinajstić information content (AvgIpc) is 2.83. The van der Waals surface area contributed by atoms with Gasteiger partial charge in [0.25, 0.3) is 0 Å². The van der Waals surface area contributed by atoms with E-state index in [0.29, 0.717) is 24.3 Å². The minimum Gasteiger partial charge on any atom is -0.381 e. The van der Waals surface area contributed by atoms with Gasteiger partial charge in [-0.1, -0.05) is 24.3 Å². The van der Waals surface area contributed by atoms with Crippen LogP contribution in [0.2, 0.25) is 0 Å². The molecule has 1 fully saturated rings. The van der Waals surface area contributed by atoms with Crippen molar-refractivity contribution in [1.82, 2.24) is 0 Å². The molecule has 2 nitrogen and oxygen atoms in total. The molecule has 86 valence electrons. The van der Waals surface area contributed by atoms with Gasteiger partial charge in [-0.3, -0.25) is 4.79 Å². The number of rotatable bonds is 3. The van der Waals surface area contributed by atoms with Gasteiger partial charge in [-0.25, -0.2) is 4.39 Å². The Labute approximate surface area is 94.4 Å². The topological polar surface area (TPSA) is 26.3 Å². The normalized spacial score (nSPS) is 24.0. The van der Waals surface area contributed by atoms with Gasteiger partial charge in [0.2, 0.25) is 0 Å². The fraction of sp³-hybridized carbons (Fsp3) is 0.462. The lowest BCUT2D eigenvalue weighted by atomic mass is 9.84. The molecular weight excluding hydrogens is 207 g/mol. The molecular formula is C13H15FO2. The van der Waals surface area contributed by atoms with Crippen LogP contribution in [0.3, 0.4) is 0 Å². The minimum atomic E-state index is -1.38. The highest BCUT2D eigenvalue weighted by molar-refractivity contribution is 5.74. The first kappa shape index (κ1) is 11.3. The van der Waals surface area contributed by atoms with Gasteiger partial charge in [-0.15, -0.1) is 0 Å². The monoisotopic (exact) mass is 222 g/mol. The summed E-state index contributed by atoms with van der Waals surface area (Å²) in [6.45, 7) is 2.70. The lowest BCUT2D eigenvalue weighted by Crippen LogP contribution is -2.27. The van der Waals surface area contributed by atoms with E-state index in [4.69, 9.17) is 4.74 Å². The van der Waals surface area contributed by atoms with Crippen LogP contribution in [0.5, 0.6) is 0 Å². The number of halogens is 1. The summed E-state index contributed by atoms with van der Waals surface area (Å²) >= 11 is 0. The molecule has 3 heteroatoms. The Bertz CT molecular complexity index is 364. The van der Waals surface area contributed by atoms with Crippen LogP contribution in [-0.2, 0) is 10.4 Å². The molecule has 1 aliphatic heterocycles. The van der Waals surface area contributed by atoms with E-state index in [1.165, 1.54) is 0 Å². The van der Waals surface area contributed by atoms with E-state index in [1.807, 2.05) is 0 Å². The van der Waals surface area contributed by atoms with Crippen molar-refractivity contribution in [1.29, 1.82) is 0 Å². The van der Waals surface area contributed by atoms with Gasteiger partial charge < -0.3 is 4.74 Å². The van der Waals surface area contributed by atoms with E-state index in [9.17, 15) is 9.18 Å². The zero-order valence-corrected chi connectivity index (χ0v) is 9.28. The molecule has 2 atom stereocenters. The summed E-state index contributed by atoms with van der Waals surface area (Å²) in [5.74, 6) is -0.0884. The molecule has 1 aliphatic rings. The molecule has 0 aromatic heterocycles. The minimum absolute atomic E-state index is 0.0884. The molecule has 0 amide bonds. The molecule has 0 bridgehead atoms. The number of aldehydes is 1. The molecule has 0 N–H and O–H groups in total. The first-order chi connectivity index (χ1) is 7.64. The first-order valence-corrected chi connectivity index (χ1v) is 5.47. The predicted molar refractivity (Wildman–Crippen MR) is 59.2 cm³/mol. The van der Waals surface area contributed by atoms with Gasteiger partial charge in [-0.2, -0.15) is 0 Å². The van der Waals surface area contributed by atoms with Crippen molar-refractivity contribution in [2.45, 2.75) is 19.0 Å². The van der Waals surface area contributed by atoms with Crippen molar-refractivity contribution in [3.63, 3.8) is 0 Å². The molecule has 0 radical (unpaired) electrons.